The van der Waals surface area contributed by atoms with Gasteiger partial charge in [-0.25, -0.2) is 10.2 Å². The maximum absolute atomic E-state index is 11.9. The van der Waals surface area contributed by atoms with E-state index in [1.54, 1.807) is 0 Å². The first-order chi connectivity index (χ1) is 8.85. The van der Waals surface area contributed by atoms with Gasteiger partial charge < -0.3 is 20.8 Å². The highest BCUT2D eigenvalue weighted by Crippen LogP contribution is 2.55. The zero-order valence-electron chi connectivity index (χ0n) is 11.6. The van der Waals surface area contributed by atoms with Gasteiger partial charge in [0.1, 0.15) is 5.60 Å². The van der Waals surface area contributed by atoms with E-state index in [1.807, 2.05) is 31.7 Å². The Labute approximate surface area is 113 Å². The third-order valence-corrected chi connectivity index (χ3v) is 3.95. The van der Waals surface area contributed by atoms with Gasteiger partial charge in [-0.1, -0.05) is 0 Å². The van der Waals surface area contributed by atoms with Gasteiger partial charge in [0.05, 0.1) is 6.17 Å². The summed E-state index contributed by atoms with van der Waals surface area (Å²) < 4.78 is 5.39. The maximum Gasteiger partial charge on any atom is 0.410 e. The number of carbonyl (C=O) groups excluding carboxylic acids is 1. The van der Waals surface area contributed by atoms with Gasteiger partial charge in [0, 0.05) is 24.7 Å². The van der Waals surface area contributed by atoms with E-state index in [9.17, 15) is 4.79 Å². The average Bonchev–Trinajstić information content (AvgIpc) is 2.67. The van der Waals surface area contributed by atoms with E-state index in [2.05, 4.69) is 10.9 Å². The lowest BCUT2D eigenvalue weighted by Crippen LogP contribution is -2.39. The van der Waals surface area contributed by atoms with E-state index in [-0.39, 0.29) is 12.3 Å². The number of likely N-dealkylation sites (tertiary alicyclic amines) is 1. The monoisotopic (exact) mass is 266 g/mol. The maximum atomic E-state index is 11.9. The van der Waals surface area contributed by atoms with Crippen LogP contribution in [0.3, 0.4) is 0 Å². The van der Waals surface area contributed by atoms with Crippen molar-refractivity contribution in [3.8, 4) is 0 Å². The fraction of sp³-hybridized carbons (Fsp3) is 0.769. The highest BCUT2D eigenvalue weighted by Gasteiger charge is 2.59. The first kappa shape index (κ1) is 12.7. The lowest BCUT2D eigenvalue weighted by atomic mass is 10.2. The van der Waals surface area contributed by atoms with Crippen molar-refractivity contribution in [1.82, 2.24) is 15.8 Å². The Kier molecular flexibility index (Phi) is 2.76. The molecule has 106 valence electrons. The molecule has 3 aliphatic rings. The van der Waals surface area contributed by atoms with Crippen LogP contribution < -0.4 is 16.6 Å². The number of ether oxygens (including phenoxy) is 1. The van der Waals surface area contributed by atoms with Gasteiger partial charge >= 0.3 is 6.09 Å². The molecule has 2 heterocycles. The van der Waals surface area contributed by atoms with Crippen molar-refractivity contribution in [2.75, 3.05) is 13.1 Å². The Hall–Kier alpha value is -1.27. The van der Waals surface area contributed by atoms with E-state index >= 15 is 0 Å². The Balaban J connectivity index is 1.53. The number of rotatable bonds is 1. The molecular weight excluding hydrogens is 244 g/mol. The first-order valence-electron chi connectivity index (χ1n) is 6.82. The Morgan fingerprint density at radius 3 is 2.53 bits per heavy atom. The van der Waals surface area contributed by atoms with Gasteiger partial charge in [-0.2, -0.15) is 0 Å². The molecule has 1 amide bonds. The number of nitrogens with one attached hydrogen (secondary N) is 2. The van der Waals surface area contributed by atoms with E-state index in [1.165, 1.54) is 5.70 Å². The number of carbonyl (C=O) groups is 1. The van der Waals surface area contributed by atoms with Crippen LogP contribution in [0.5, 0.6) is 0 Å². The largest absolute Gasteiger partial charge is 0.444 e. The third kappa shape index (κ3) is 2.42. The van der Waals surface area contributed by atoms with E-state index in [0.29, 0.717) is 17.8 Å². The van der Waals surface area contributed by atoms with Crippen LogP contribution in [0.15, 0.2) is 11.8 Å². The minimum atomic E-state index is -0.421. The zero-order chi connectivity index (χ0) is 13.8. The molecule has 0 aromatic carbocycles. The predicted molar refractivity (Wildman–Crippen MR) is 70.6 cm³/mol. The van der Waals surface area contributed by atoms with Crippen LogP contribution in [0.2, 0.25) is 0 Å². The average molecular weight is 266 g/mol. The Morgan fingerprint density at radius 2 is 2.05 bits per heavy atom. The molecule has 0 bridgehead atoms. The summed E-state index contributed by atoms with van der Waals surface area (Å²) in [5.74, 6) is 1.64. The number of amides is 1. The molecule has 2 aliphatic heterocycles. The molecule has 0 spiro atoms. The Bertz CT molecular complexity index is 417. The van der Waals surface area contributed by atoms with Crippen LogP contribution in [0, 0.1) is 17.8 Å². The molecule has 0 aromatic heterocycles. The van der Waals surface area contributed by atoms with Crippen molar-refractivity contribution in [2.24, 2.45) is 23.5 Å². The molecule has 19 heavy (non-hydrogen) atoms. The van der Waals surface area contributed by atoms with Gasteiger partial charge in [-0.05, 0) is 38.7 Å². The van der Waals surface area contributed by atoms with Crippen molar-refractivity contribution in [3.05, 3.63) is 11.8 Å². The van der Waals surface area contributed by atoms with Crippen LogP contribution >= 0.6 is 0 Å². The second-order valence-corrected chi connectivity index (χ2v) is 6.66. The number of hydrogen-bond donors (Lipinski definition) is 3. The van der Waals surface area contributed by atoms with Crippen molar-refractivity contribution in [3.63, 3.8) is 0 Å². The molecule has 2 unspecified atom stereocenters. The highest BCUT2D eigenvalue weighted by molar-refractivity contribution is 5.69. The number of fused-ring (bicyclic) bond motifs is 1. The number of nitrogens with two attached hydrogens (primary N) is 1. The number of hydrogen-bond acceptors (Lipinski definition) is 5. The van der Waals surface area contributed by atoms with Crippen molar-refractivity contribution in [1.29, 1.82) is 0 Å². The molecule has 0 radical (unpaired) electrons. The van der Waals surface area contributed by atoms with Crippen LogP contribution in [0.4, 0.5) is 4.79 Å². The quantitative estimate of drug-likeness (QED) is 0.639. The molecule has 1 aliphatic carbocycles. The second kappa shape index (κ2) is 4.11. The Morgan fingerprint density at radius 1 is 1.42 bits per heavy atom. The lowest BCUT2D eigenvalue weighted by molar-refractivity contribution is 0.0268. The third-order valence-electron chi connectivity index (χ3n) is 3.95. The summed E-state index contributed by atoms with van der Waals surface area (Å²) in [4.78, 5) is 13.8. The summed E-state index contributed by atoms with van der Waals surface area (Å²) >= 11 is 0. The molecule has 1 saturated carbocycles. The smallest absolute Gasteiger partial charge is 0.410 e. The summed E-state index contributed by atoms with van der Waals surface area (Å²) in [5, 5.41) is 0. The van der Waals surface area contributed by atoms with Crippen molar-refractivity contribution < 1.29 is 9.53 Å². The number of hydrazine groups is 1. The topological polar surface area (TPSA) is 79.6 Å². The van der Waals surface area contributed by atoms with Gasteiger partial charge in [-0.3, -0.25) is 0 Å². The van der Waals surface area contributed by atoms with Gasteiger partial charge in [-0.15, -0.1) is 0 Å². The molecule has 6 heteroatoms. The summed E-state index contributed by atoms with van der Waals surface area (Å²) in [6.07, 6.45) is 1.74. The fourth-order valence-corrected chi connectivity index (χ4v) is 3.10. The van der Waals surface area contributed by atoms with Gasteiger partial charge in [0.2, 0.25) is 0 Å². The molecule has 6 nitrogen and oxygen atoms in total. The molecule has 4 N–H and O–H groups in total. The van der Waals surface area contributed by atoms with Crippen molar-refractivity contribution >= 4 is 6.09 Å². The van der Waals surface area contributed by atoms with Crippen molar-refractivity contribution in [2.45, 2.75) is 32.5 Å². The molecule has 0 aromatic rings. The van der Waals surface area contributed by atoms with E-state index < -0.39 is 5.60 Å². The first-order valence-corrected chi connectivity index (χ1v) is 6.82. The molecule has 3 rings (SSSR count). The van der Waals surface area contributed by atoms with E-state index in [0.717, 1.165) is 13.1 Å². The van der Waals surface area contributed by atoms with Gasteiger partial charge in [0.25, 0.3) is 0 Å². The fourth-order valence-electron chi connectivity index (χ4n) is 3.10. The molecule has 2 fully saturated rings. The zero-order valence-corrected chi connectivity index (χ0v) is 11.6. The van der Waals surface area contributed by atoms with Crippen LogP contribution in [-0.2, 0) is 4.74 Å². The van der Waals surface area contributed by atoms with Gasteiger partial charge in [0.15, 0.2) is 0 Å². The number of allylic oxidation sites excluding steroid dienone is 1. The van der Waals surface area contributed by atoms with E-state index in [4.69, 9.17) is 10.5 Å². The van der Waals surface area contributed by atoms with Crippen LogP contribution in [-0.4, -0.2) is 35.8 Å². The molecule has 4 atom stereocenters. The highest BCUT2D eigenvalue weighted by atomic mass is 16.6. The second-order valence-electron chi connectivity index (χ2n) is 6.66. The number of piperidine rings is 1. The predicted octanol–water partition coefficient (Wildman–Crippen LogP) is 0.376. The molecule has 1 saturated heterocycles. The number of nitrogens with zero attached hydrogens (tertiary/aromatic N) is 1. The SMILES string of the molecule is CC(C)(C)OC(=O)N1C[C@@H]2C(C3=CC(N)NN3)[C@@H]2C1. The summed E-state index contributed by atoms with van der Waals surface area (Å²) in [6, 6.07) is 0. The normalized spacial score (nSPS) is 36.6. The summed E-state index contributed by atoms with van der Waals surface area (Å²) in [7, 11) is 0. The molecular formula is C13H22N4O2. The van der Waals surface area contributed by atoms with Crippen LogP contribution in [0.25, 0.3) is 0 Å². The summed E-state index contributed by atoms with van der Waals surface area (Å²) in [6.45, 7) is 7.26. The standard InChI is InChI=1S/C13H22N4O2/c1-13(2,3)19-12(18)17-5-7-8(6-17)11(7)9-4-10(14)16-15-9/h4,7-8,10-11,15-16H,5-6,14H2,1-3H3/t7-,8+,10?,11?. The minimum absolute atomic E-state index is 0.0988. The minimum Gasteiger partial charge on any atom is -0.444 e. The summed E-state index contributed by atoms with van der Waals surface area (Å²) in [5.41, 5.74) is 12.6. The van der Waals surface area contributed by atoms with Crippen LogP contribution in [0.1, 0.15) is 20.8 Å². The lowest BCUT2D eigenvalue weighted by Gasteiger charge is -2.26.